The number of halogens is 1. The van der Waals surface area contributed by atoms with Crippen molar-refractivity contribution < 1.29 is 22.4 Å². The summed E-state index contributed by atoms with van der Waals surface area (Å²) in [5, 5.41) is 2.79. The predicted octanol–water partition coefficient (Wildman–Crippen LogP) is 2.58. The molecule has 0 spiro atoms. The molecule has 2 aromatic rings. The summed E-state index contributed by atoms with van der Waals surface area (Å²) < 4.78 is 39.0. The summed E-state index contributed by atoms with van der Waals surface area (Å²) in [7, 11) is -3.83. The van der Waals surface area contributed by atoms with E-state index >= 15 is 0 Å². The van der Waals surface area contributed by atoms with E-state index in [1.54, 1.807) is 6.92 Å². The normalized spacial score (nSPS) is 12.3. The van der Waals surface area contributed by atoms with Crippen molar-refractivity contribution in [1.29, 1.82) is 0 Å². The summed E-state index contributed by atoms with van der Waals surface area (Å²) >= 11 is 0. The number of benzene rings is 2. The van der Waals surface area contributed by atoms with Crippen LogP contribution in [0.3, 0.4) is 0 Å². The van der Waals surface area contributed by atoms with Crippen LogP contribution in [0.5, 0.6) is 0 Å². The molecular formula is C23H30FN3O4S. The number of hydrogen-bond donors (Lipinski definition) is 1. The number of nitrogens with zero attached hydrogens (tertiary/aromatic N) is 2. The SMILES string of the molecule is CC(C)NC(=O)[C@H](C)N(CCc1ccccc1)C(=O)CN(c1ccc(F)cc1)S(C)(=O)=O. The fourth-order valence-corrected chi connectivity index (χ4v) is 4.05. The molecule has 9 heteroatoms. The summed E-state index contributed by atoms with van der Waals surface area (Å²) in [6.07, 6.45) is 1.48. The fraction of sp³-hybridized carbons (Fsp3) is 0.391. The van der Waals surface area contributed by atoms with Gasteiger partial charge in [-0.1, -0.05) is 30.3 Å². The van der Waals surface area contributed by atoms with Crippen molar-refractivity contribution in [3.8, 4) is 0 Å². The van der Waals surface area contributed by atoms with Crippen LogP contribution in [0.25, 0.3) is 0 Å². The van der Waals surface area contributed by atoms with Crippen molar-refractivity contribution in [3.63, 3.8) is 0 Å². The quantitative estimate of drug-likeness (QED) is 0.587. The average Bonchev–Trinajstić information content (AvgIpc) is 2.72. The first-order valence-electron chi connectivity index (χ1n) is 10.4. The average molecular weight is 464 g/mol. The van der Waals surface area contributed by atoms with Gasteiger partial charge in [-0.05, 0) is 57.0 Å². The van der Waals surface area contributed by atoms with Gasteiger partial charge >= 0.3 is 0 Å². The molecule has 2 rings (SSSR count). The van der Waals surface area contributed by atoms with Crippen LogP contribution in [0.4, 0.5) is 10.1 Å². The molecule has 1 atom stereocenters. The topological polar surface area (TPSA) is 86.8 Å². The van der Waals surface area contributed by atoms with E-state index in [2.05, 4.69) is 5.32 Å². The lowest BCUT2D eigenvalue weighted by Crippen LogP contribution is -2.53. The van der Waals surface area contributed by atoms with Gasteiger partial charge < -0.3 is 10.2 Å². The molecule has 2 amide bonds. The number of carbonyl (C=O) groups excluding carboxylic acids is 2. The van der Waals surface area contributed by atoms with Gasteiger partial charge in [-0.15, -0.1) is 0 Å². The van der Waals surface area contributed by atoms with Crippen molar-refractivity contribution in [2.24, 2.45) is 0 Å². The van der Waals surface area contributed by atoms with E-state index in [1.807, 2.05) is 44.2 Å². The molecule has 174 valence electrons. The number of anilines is 1. The van der Waals surface area contributed by atoms with Crippen LogP contribution in [-0.4, -0.2) is 56.6 Å². The summed E-state index contributed by atoms with van der Waals surface area (Å²) in [4.78, 5) is 27.3. The maximum Gasteiger partial charge on any atom is 0.244 e. The molecule has 0 saturated carbocycles. The molecule has 0 aliphatic heterocycles. The maximum absolute atomic E-state index is 13.3. The molecule has 0 aromatic heterocycles. The van der Waals surface area contributed by atoms with Gasteiger partial charge in [-0.3, -0.25) is 13.9 Å². The first-order chi connectivity index (χ1) is 15.0. The van der Waals surface area contributed by atoms with E-state index < -0.39 is 34.3 Å². The number of rotatable bonds is 10. The summed E-state index contributed by atoms with van der Waals surface area (Å²) in [5.41, 5.74) is 1.16. The zero-order valence-electron chi connectivity index (χ0n) is 18.8. The predicted molar refractivity (Wildman–Crippen MR) is 123 cm³/mol. The van der Waals surface area contributed by atoms with Crippen LogP contribution in [0, 0.1) is 5.82 Å². The summed E-state index contributed by atoms with van der Waals surface area (Å²) in [5.74, 6) is -1.37. The third-order valence-corrected chi connectivity index (χ3v) is 6.02. The molecule has 0 aliphatic carbocycles. The summed E-state index contributed by atoms with van der Waals surface area (Å²) in [6, 6.07) is 13.4. The van der Waals surface area contributed by atoms with E-state index in [9.17, 15) is 22.4 Å². The minimum atomic E-state index is -3.83. The maximum atomic E-state index is 13.3. The number of hydrogen-bond acceptors (Lipinski definition) is 4. The molecule has 2 aromatic carbocycles. The third-order valence-electron chi connectivity index (χ3n) is 4.88. The van der Waals surface area contributed by atoms with E-state index in [-0.39, 0.29) is 24.2 Å². The van der Waals surface area contributed by atoms with Crippen molar-refractivity contribution in [3.05, 3.63) is 66.0 Å². The van der Waals surface area contributed by atoms with Gasteiger partial charge in [-0.2, -0.15) is 0 Å². The van der Waals surface area contributed by atoms with Crippen LogP contribution in [0.2, 0.25) is 0 Å². The first-order valence-corrected chi connectivity index (χ1v) is 12.2. The number of carbonyl (C=O) groups is 2. The fourth-order valence-electron chi connectivity index (χ4n) is 3.20. The van der Waals surface area contributed by atoms with Gasteiger partial charge in [0.25, 0.3) is 0 Å². The van der Waals surface area contributed by atoms with Crippen LogP contribution < -0.4 is 9.62 Å². The number of amides is 2. The van der Waals surface area contributed by atoms with Crippen LogP contribution in [-0.2, 0) is 26.0 Å². The zero-order chi connectivity index (χ0) is 23.9. The Bertz CT molecular complexity index is 1010. The molecule has 7 nitrogen and oxygen atoms in total. The third kappa shape index (κ3) is 7.33. The van der Waals surface area contributed by atoms with Gasteiger partial charge in [0.05, 0.1) is 11.9 Å². The molecule has 0 saturated heterocycles. The van der Waals surface area contributed by atoms with Gasteiger partial charge in [0.15, 0.2) is 0 Å². The summed E-state index contributed by atoms with van der Waals surface area (Å²) in [6.45, 7) is 4.99. The highest BCUT2D eigenvalue weighted by atomic mass is 32.2. The second kappa shape index (κ2) is 11.1. The van der Waals surface area contributed by atoms with Gasteiger partial charge in [0.2, 0.25) is 21.8 Å². The van der Waals surface area contributed by atoms with Crippen molar-refractivity contribution in [1.82, 2.24) is 10.2 Å². The highest BCUT2D eigenvalue weighted by molar-refractivity contribution is 7.92. The standard InChI is InChI=1S/C23H30FN3O4S/c1-17(2)25-23(29)18(3)26(15-14-19-8-6-5-7-9-19)22(28)16-27(32(4,30)31)21-12-10-20(24)11-13-21/h5-13,17-18H,14-16H2,1-4H3,(H,25,29)/t18-/m0/s1. The Balaban J connectivity index is 2.29. The van der Waals surface area contributed by atoms with Gasteiger partial charge in [-0.25, -0.2) is 12.8 Å². The molecule has 32 heavy (non-hydrogen) atoms. The van der Waals surface area contributed by atoms with E-state index in [1.165, 1.54) is 17.0 Å². The van der Waals surface area contributed by atoms with Gasteiger partial charge in [0.1, 0.15) is 18.4 Å². The molecule has 0 bridgehead atoms. The van der Waals surface area contributed by atoms with Crippen molar-refractivity contribution in [2.45, 2.75) is 39.3 Å². The van der Waals surface area contributed by atoms with Crippen molar-refractivity contribution in [2.75, 3.05) is 23.7 Å². The molecule has 0 radical (unpaired) electrons. The van der Waals surface area contributed by atoms with E-state index in [0.29, 0.717) is 6.42 Å². The Labute approximate surface area is 189 Å². The molecule has 0 fully saturated rings. The first kappa shape index (κ1) is 25.3. The Morgan fingerprint density at radius 2 is 1.59 bits per heavy atom. The molecular weight excluding hydrogens is 433 g/mol. The smallest absolute Gasteiger partial charge is 0.244 e. The minimum Gasteiger partial charge on any atom is -0.352 e. The molecule has 1 N–H and O–H groups in total. The van der Waals surface area contributed by atoms with Crippen LogP contribution in [0.1, 0.15) is 26.3 Å². The number of nitrogens with one attached hydrogen (secondary N) is 1. The largest absolute Gasteiger partial charge is 0.352 e. The Morgan fingerprint density at radius 1 is 1.00 bits per heavy atom. The van der Waals surface area contributed by atoms with Crippen molar-refractivity contribution >= 4 is 27.5 Å². The Morgan fingerprint density at radius 3 is 2.12 bits per heavy atom. The van der Waals surface area contributed by atoms with Crippen LogP contribution >= 0.6 is 0 Å². The highest BCUT2D eigenvalue weighted by Gasteiger charge is 2.29. The lowest BCUT2D eigenvalue weighted by atomic mass is 10.1. The van der Waals surface area contributed by atoms with Gasteiger partial charge in [0, 0.05) is 12.6 Å². The van der Waals surface area contributed by atoms with E-state index in [4.69, 9.17) is 0 Å². The Hall–Kier alpha value is -2.94. The zero-order valence-corrected chi connectivity index (χ0v) is 19.6. The minimum absolute atomic E-state index is 0.109. The highest BCUT2D eigenvalue weighted by Crippen LogP contribution is 2.19. The lowest BCUT2D eigenvalue weighted by Gasteiger charge is -2.31. The molecule has 0 heterocycles. The van der Waals surface area contributed by atoms with E-state index in [0.717, 1.165) is 28.3 Å². The Kier molecular flexibility index (Phi) is 8.77. The number of sulfonamides is 1. The second-order valence-electron chi connectivity index (χ2n) is 7.91. The van der Waals surface area contributed by atoms with Crippen LogP contribution in [0.15, 0.2) is 54.6 Å². The molecule has 0 unspecified atom stereocenters. The molecule has 0 aliphatic rings. The lowest BCUT2D eigenvalue weighted by molar-refractivity contribution is -0.139. The monoisotopic (exact) mass is 463 g/mol. The second-order valence-corrected chi connectivity index (χ2v) is 9.81.